The highest BCUT2D eigenvalue weighted by atomic mass is 79.9. The summed E-state index contributed by atoms with van der Waals surface area (Å²) in [4.78, 5) is 1.46. The standard InChI is InChI=1S/C11H7BrS/c12-9-1-2-10-8(6-9)5-7-3-4-13-11(7)10/h1-4,6H,5H2. The Hall–Kier alpha value is -0.600. The van der Waals surface area contributed by atoms with E-state index in [9.17, 15) is 0 Å². The van der Waals surface area contributed by atoms with Crippen LogP contribution in [0.25, 0.3) is 10.4 Å². The molecule has 0 nitrogen and oxygen atoms in total. The van der Waals surface area contributed by atoms with Crippen molar-refractivity contribution in [1.29, 1.82) is 0 Å². The van der Waals surface area contributed by atoms with E-state index in [-0.39, 0.29) is 0 Å². The van der Waals surface area contributed by atoms with Gasteiger partial charge in [0.2, 0.25) is 0 Å². The lowest BCUT2D eigenvalue weighted by atomic mass is 10.1. The Bertz CT molecular complexity index is 471. The van der Waals surface area contributed by atoms with Crippen molar-refractivity contribution in [3.05, 3.63) is 45.2 Å². The summed E-state index contributed by atoms with van der Waals surface area (Å²) in [7, 11) is 0. The number of hydrogen-bond acceptors (Lipinski definition) is 1. The maximum Gasteiger partial charge on any atom is 0.0380 e. The molecular weight excluding hydrogens is 244 g/mol. The van der Waals surface area contributed by atoms with E-state index in [1.807, 2.05) is 11.3 Å². The molecule has 0 saturated carbocycles. The molecule has 0 spiro atoms. The Balaban J connectivity index is 2.29. The minimum Gasteiger partial charge on any atom is -0.144 e. The summed E-state index contributed by atoms with van der Waals surface area (Å²) >= 11 is 5.35. The van der Waals surface area contributed by atoms with Crippen molar-refractivity contribution < 1.29 is 0 Å². The topological polar surface area (TPSA) is 0 Å². The summed E-state index contributed by atoms with van der Waals surface area (Å²) in [6.07, 6.45) is 1.10. The van der Waals surface area contributed by atoms with Gasteiger partial charge < -0.3 is 0 Å². The highest BCUT2D eigenvalue weighted by Gasteiger charge is 2.18. The third-order valence-corrected chi connectivity index (χ3v) is 3.92. The van der Waals surface area contributed by atoms with Crippen molar-refractivity contribution in [3.63, 3.8) is 0 Å². The SMILES string of the molecule is Brc1ccc2c(c1)Cc1ccsc1-2. The normalized spacial score (nSPS) is 12.7. The molecule has 1 heterocycles. The van der Waals surface area contributed by atoms with Crippen LogP contribution >= 0.6 is 27.3 Å². The summed E-state index contributed by atoms with van der Waals surface area (Å²) in [6, 6.07) is 8.78. The molecule has 0 radical (unpaired) electrons. The third-order valence-electron chi connectivity index (χ3n) is 2.44. The summed E-state index contributed by atoms with van der Waals surface area (Å²) in [5.41, 5.74) is 4.36. The highest BCUT2D eigenvalue weighted by Crippen LogP contribution is 2.41. The monoisotopic (exact) mass is 250 g/mol. The number of fused-ring (bicyclic) bond motifs is 3. The van der Waals surface area contributed by atoms with Crippen LogP contribution in [0.3, 0.4) is 0 Å². The van der Waals surface area contributed by atoms with E-state index in [1.165, 1.54) is 26.0 Å². The van der Waals surface area contributed by atoms with Gasteiger partial charge >= 0.3 is 0 Å². The largest absolute Gasteiger partial charge is 0.144 e. The fraction of sp³-hybridized carbons (Fsp3) is 0.0909. The zero-order valence-electron chi connectivity index (χ0n) is 6.88. The second kappa shape index (κ2) is 2.69. The Kier molecular flexibility index (Phi) is 1.61. The zero-order valence-corrected chi connectivity index (χ0v) is 9.28. The first kappa shape index (κ1) is 7.77. The van der Waals surface area contributed by atoms with Gasteiger partial charge in [0.05, 0.1) is 0 Å². The molecule has 0 unspecified atom stereocenters. The molecule has 2 heteroatoms. The van der Waals surface area contributed by atoms with Gasteiger partial charge in [-0.1, -0.05) is 22.0 Å². The second-order valence-electron chi connectivity index (χ2n) is 3.25. The summed E-state index contributed by atoms with van der Waals surface area (Å²) in [5, 5.41) is 2.18. The molecule has 0 bridgehead atoms. The molecule has 2 aromatic rings. The molecule has 0 saturated heterocycles. The van der Waals surface area contributed by atoms with Gasteiger partial charge in [0.15, 0.2) is 0 Å². The van der Waals surface area contributed by atoms with Crippen LogP contribution in [0.4, 0.5) is 0 Å². The van der Waals surface area contributed by atoms with E-state index < -0.39 is 0 Å². The van der Waals surface area contributed by atoms with Gasteiger partial charge in [0.25, 0.3) is 0 Å². The van der Waals surface area contributed by atoms with Gasteiger partial charge in [-0.3, -0.25) is 0 Å². The van der Waals surface area contributed by atoms with Crippen LogP contribution in [-0.2, 0) is 6.42 Å². The van der Waals surface area contributed by atoms with Crippen molar-refractivity contribution in [2.24, 2.45) is 0 Å². The predicted molar refractivity (Wildman–Crippen MR) is 60.3 cm³/mol. The van der Waals surface area contributed by atoms with E-state index in [1.54, 1.807) is 0 Å². The smallest absolute Gasteiger partial charge is 0.0380 e. The lowest BCUT2D eigenvalue weighted by Gasteiger charge is -1.98. The second-order valence-corrected chi connectivity index (χ2v) is 5.09. The predicted octanol–water partition coefficient (Wildman–Crippen LogP) is 4.08. The fourth-order valence-corrected chi connectivity index (χ4v) is 3.24. The molecule has 1 aliphatic carbocycles. The van der Waals surface area contributed by atoms with Gasteiger partial charge in [-0.25, -0.2) is 0 Å². The van der Waals surface area contributed by atoms with Crippen molar-refractivity contribution >= 4 is 27.3 Å². The Morgan fingerprint density at radius 2 is 2.08 bits per heavy atom. The lowest BCUT2D eigenvalue weighted by molar-refractivity contribution is 1.27. The first-order valence-corrected chi connectivity index (χ1v) is 5.87. The fourth-order valence-electron chi connectivity index (χ4n) is 1.85. The van der Waals surface area contributed by atoms with Crippen LogP contribution < -0.4 is 0 Å². The lowest BCUT2D eigenvalue weighted by Crippen LogP contribution is -1.79. The molecule has 0 amide bonds. The van der Waals surface area contributed by atoms with Crippen LogP contribution in [0.15, 0.2) is 34.1 Å². The van der Waals surface area contributed by atoms with E-state index in [0.717, 1.165) is 6.42 Å². The van der Waals surface area contributed by atoms with E-state index in [2.05, 4.69) is 45.6 Å². The van der Waals surface area contributed by atoms with Gasteiger partial charge in [-0.05, 0) is 46.7 Å². The molecule has 0 fully saturated rings. The Morgan fingerprint density at radius 1 is 1.15 bits per heavy atom. The molecule has 64 valence electrons. The highest BCUT2D eigenvalue weighted by molar-refractivity contribution is 9.10. The van der Waals surface area contributed by atoms with E-state index in [0.29, 0.717) is 0 Å². The molecule has 0 N–H and O–H groups in total. The van der Waals surface area contributed by atoms with Crippen molar-refractivity contribution in [3.8, 4) is 10.4 Å². The van der Waals surface area contributed by atoms with Gasteiger partial charge in [0.1, 0.15) is 0 Å². The maximum absolute atomic E-state index is 3.50. The van der Waals surface area contributed by atoms with Crippen LogP contribution in [0.2, 0.25) is 0 Å². The van der Waals surface area contributed by atoms with Gasteiger partial charge in [0, 0.05) is 9.35 Å². The van der Waals surface area contributed by atoms with Crippen LogP contribution in [0, 0.1) is 0 Å². The van der Waals surface area contributed by atoms with Crippen molar-refractivity contribution in [1.82, 2.24) is 0 Å². The molecule has 0 aliphatic heterocycles. The average molecular weight is 251 g/mol. The van der Waals surface area contributed by atoms with Crippen LogP contribution in [0.5, 0.6) is 0 Å². The average Bonchev–Trinajstić information content (AvgIpc) is 2.62. The summed E-state index contributed by atoms with van der Waals surface area (Å²) < 4.78 is 1.18. The minimum atomic E-state index is 1.10. The number of rotatable bonds is 0. The third kappa shape index (κ3) is 1.09. The number of halogens is 1. The maximum atomic E-state index is 3.50. The molecule has 13 heavy (non-hydrogen) atoms. The molecule has 0 atom stereocenters. The van der Waals surface area contributed by atoms with Crippen molar-refractivity contribution in [2.45, 2.75) is 6.42 Å². The van der Waals surface area contributed by atoms with E-state index in [4.69, 9.17) is 0 Å². The summed E-state index contributed by atoms with van der Waals surface area (Å²) in [5.74, 6) is 0. The number of hydrogen-bond donors (Lipinski definition) is 0. The quantitative estimate of drug-likeness (QED) is 0.564. The zero-order chi connectivity index (χ0) is 8.84. The molecule has 1 aliphatic rings. The molecule has 1 aromatic heterocycles. The Morgan fingerprint density at radius 3 is 3.00 bits per heavy atom. The van der Waals surface area contributed by atoms with E-state index >= 15 is 0 Å². The minimum absolute atomic E-state index is 1.10. The number of thiophene rings is 1. The summed E-state index contributed by atoms with van der Waals surface area (Å²) in [6.45, 7) is 0. The Labute approximate surface area is 89.4 Å². The van der Waals surface area contributed by atoms with Crippen molar-refractivity contribution in [2.75, 3.05) is 0 Å². The first-order chi connectivity index (χ1) is 6.34. The molecule has 3 rings (SSSR count). The van der Waals surface area contributed by atoms with Gasteiger partial charge in [-0.2, -0.15) is 0 Å². The van der Waals surface area contributed by atoms with Gasteiger partial charge in [-0.15, -0.1) is 11.3 Å². The molecule has 1 aromatic carbocycles. The first-order valence-electron chi connectivity index (χ1n) is 4.20. The molecular formula is C11H7BrS. The number of benzene rings is 1. The van der Waals surface area contributed by atoms with Crippen LogP contribution in [-0.4, -0.2) is 0 Å². The van der Waals surface area contributed by atoms with Crippen LogP contribution in [0.1, 0.15) is 11.1 Å².